The average molecular weight is 391 g/mol. The second-order valence-corrected chi connectivity index (χ2v) is 6.45. The predicted octanol–water partition coefficient (Wildman–Crippen LogP) is 4.18. The van der Waals surface area contributed by atoms with Gasteiger partial charge in [-0.1, -0.05) is 12.1 Å². The van der Waals surface area contributed by atoms with Crippen molar-refractivity contribution in [3.05, 3.63) is 64.8 Å². The lowest BCUT2D eigenvalue weighted by Crippen LogP contribution is -2.11. The monoisotopic (exact) mass is 391 g/mol. The standard InChI is InChI=1S/C23H21NO5/c1-26-19-10-9-14(11-20(19)27-2)24-17-8-6-5-7-15(17)23(25)16-12-21(28-3)22(29-4)13-18(16)24/h5-13H,1-4H3. The number of nitrogens with zero attached hydrogens (tertiary/aromatic N) is 1. The van der Waals surface area contributed by atoms with Crippen LogP contribution in [0.4, 0.5) is 0 Å². The minimum absolute atomic E-state index is 0.0618. The van der Waals surface area contributed by atoms with Gasteiger partial charge in [0.15, 0.2) is 28.4 Å². The van der Waals surface area contributed by atoms with Crippen LogP contribution in [0.15, 0.2) is 59.4 Å². The third-order valence-electron chi connectivity index (χ3n) is 5.00. The Morgan fingerprint density at radius 1 is 0.621 bits per heavy atom. The second-order valence-electron chi connectivity index (χ2n) is 6.45. The molecule has 0 saturated heterocycles. The number of hydrogen-bond acceptors (Lipinski definition) is 5. The highest BCUT2D eigenvalue weighted by atomic mass is 16.5. The van der Waals surface area contributed by atoms with Gasteiger partial charge in [0, 0.05) is 17.5 Å². The van der Waals surface area contributed by atoms with Crippen LogP contribution >= 0.6 is 0 Å². The molecule has 0 radical (unpaired) electrons. The molecular formula is C23H21NO5. The Kier molecular flexibility index (Phi) is 4.76. The fourth-order valence-electron chi connectivity index (χ4n) is 3.61. The lowest BCUT2D eigenvalue weighted by molar-refractivity contribution is 0.355. The summed E-state index contributed by atoms with van der Waals surface area (Å²) in [6.45, 7) is 0. The molecule has 29 heavy (non-hydrogen) atoms. The van der Waals surface area contributed by atoms with E-state index >= 15 is 0 Å². The Bertz CT molecular complexity index is 1280. The molecule has 0 amide bonds. The Balaban J connectivity index is 2.19. The molecule has 0 saturated carbocycles. The number of aromatic nitrogens is 1. The maximum atomic E-state index is 13.2. The summed E-state index contributed by atoms with van der Waals surface area (Å²) in [6.07, 6.45) is 0. The van der Waals surface area contributed by atoms with Crippen LogP contribution in [0.5, 0.6) is 23.0 Å². The number of rotatable bonds is 5. The van der Waals surface area contributed by atoms with Crippen LogP contribution in [0.25, 0.3) is 27.5 Å². The van der Waals surface area contributed by atoms with E-state index in [9.17, 15) is 4.79 Å². The van der Waals surface area contributed by atoms with Gasteiger partial charge in [-0.15, -0.1) is 0 Å². The normalized spacial score (nSPS) is 10.9. The zero-order valence-corrected chi connectivity index (χ0v) is 16.7. The fourth-order valence-corrected chi connectivity index (χ4v) is 3.61. The van der Waals surface area contributed by atoms with E-state index in [1.165, 1.54) is 0 Å². The minimum Gasteiger partial charge on any atom is -0.493 e. The molecule has 0 aliphatic rings. The Labute approximate surface area is 167 Å². The summed E-state index contributed by atoms with van der Waals surface area (Å²) in [7, 11) is 6.32. The van der Waals surface area contributed by atoms with Crippen LogP contribution in [-0.4, -0.2) is 33.0 Å². The molecule has 0 bridgehead atoms. The quantitative estimate of drug-likeness (QED) is 0.478. The third kappa shape index (κ3) is 2.93. The first-order chi connectivity index (χ1) is 14.1. The number of methoxy groups -OCH3 is 4. The molecule has 148 valence electrons. The van der Waals surface area contributed by atoms with E-state index < -0.39 is 0 Å². The molecule has 0 N–H and O–H groups in total. The van der Waals surface area contributed by atoms with Crippen molar-refractivity contribution in [1.82, 2.24) is 4.57 Å². The van der Waals surface area contributed by atoms with E-state index in [2.05, 4.69) is 0 Å². The van der Waals surface area contributed by atoms with Crippen molar-refractivity contribution in [2.45, 2.75) is 0 Å². The lowest BCUT2D eigenvalue weighted by atomic mass is 10.1. The zero-order chi connectivity index (χ0) is 20.5. The van der Waals surface area contributed by atoms with Crippen molar-refractivity contribution in [2.75, 3.05) is 28.4 Å². The summed E-state index contributed by atoms with van der Waals surface area (Å²) >= 11 is 0. The summed E-state index contributed by atoms with van der Waals surface area (Å²) < 4.78 is 23.8. The summed E-state index contributed by atoms with van der Waals surface area (Å²) in [5.74, 6) is 2.28. The maximum Gasteiger partial charge on any atom is 0.197 e. The molecule has 0 atom stereocenters. The van der Waals surface area contributed by atoms with E-state index in [0.717, 1.165) is 11.2 Å². The van der Waals surface area contributed by atoms with Gasteiger partial charge < -0.3 is 23.5 Å². The van der Waals surface area contributed by atoms with Gasteiger partial charge >= 0.3 is 0 Å². The van der Waals surface area contributed by atoms with Gasteiger partial charge in [0.25, 0.3) is 0 Å². The van der Waals surface area contributed by atoms with E-state index in [4.69, 9.17) is 18.9 Å². The van der Waals surface area contributed by atoms with Crippen molar-refractivity contribution in [3.63, 3.8) is 0 Å². The molecule has 6 nitrogen and oxygen atoms in total. The van der Waals surface area contributed by atoms with Crippen molar-refractivity contribution < 1.29 is 18.9 Å². The predicted molar refractivity (Wildman–Crippen MR) is 113 cm³/mol. The molecule has 0 spiro atoms. The van der Waals surface area contributed by atoms with E-state index in [1.807, 2.05) is 53.1 Å². The molecule has 0 aliphatic heterocycles. The van der Waals surface area contributed by atoms with Crippen LogP contribution in [-0.2, 0) is 0 Å². The molecule has 1 aromatic heterocycles. The fraction of sp³-hybridized carbons (Fsp3) is 0.174. The molecule has 1 heterocycles. The second kappa shape index (κ2) is 7.39. The molecule has 0 unspecified atom stereocenters. The van der Waals surface area contributed by atoms with Crippen molar-refractivity contribution >= 4 is 21.8 Å². The third-order valence-corrected chi connectivity index (χ3v) is 5.00. The van der Waals surface area contributed by atoms with Crippen LogP contribution in [0.2, 0.25) is 0 Å². The first kappa shape index (κ1) is 18.7. The molecular weight excluding hydrogens is 370 g/mol. The van der Waals surface area contributed by atoms with E-state index in [1.54, 1.807) is 34.5 Å². The first-order valence-corrected chi connectivity index (χ1v) is 9.04. The van der Waals surface area contributed by atoms with Gasteiger partial charge in [0.1, 0.15) is 0 Å². The number of ether oxygens (including phenoxy) is 4. The molecule has 4 aromatic rings. The van der Waals surface area contributed by atoms with Crippen LogP contribution in [0.3, 0.4) is 0 Å². The highest BCUT2D eigenvalue weighted by Gasteiger charge is 2.17. The minimum atomic E-state index is -0.0618. The van der Waals surface area contributed by atoms with Gasteiger partial charge in [0.05, 0.1) is 50.5 Å². The average Bonchev–Trinajstić information content (AvgIpc) is 2.78. The van der Waals surface area contributed by atoms with E-state index in [-0.39, 0.29) is 5.43 Å². The van der Waals surface area contributed by atoms with Gasteiger partial charge in [-0.2, -0.15) is 0 Å². The van der Waals surface area contributed by atoms with Crippen LogP contribution in [0, 0.1) is 0 Å². The molecule has 0 fully saturated rings. The van der Waals surface area contributed by atoms with Gasteiger partial charge in [0.2, 0.25) is 0 Å². The summed E-state index contributed by atoms with van der Waals surface area (Å²) in [5.41, 5.74) is 2.26. The number of pyridine rings is 1. The van der Waals surface area contributed by atoms with Crippen molar-refractivity contribution in [2.24, 2.45) is 0 Å². The van der Waals surface area contributed by atoms with Crippen molar-refractivity contribution in [1.29, 1.82) is 0 Å². The highest BCUT2D eigenvalue weighted by Crippen LogP contribution is 2.36. The molecule has 0 aliphatic carbocycles. The van der Waals surface area contributed by atoms with Gasteiger partial charge in [-0.05, 0) is 30.3 Å². The summed E-state index contributed by atoms with van der Waals surface area (Å²) in [6, 6.07) is 16.7. The van der Waals surface area contributed by atoms with Crippen molar-refractivity contribution in [3.8, 4) is 28.7 Å². The Morgan fingerprint density at radius 3 is 1.93 bits per heavy atom. The maximum absolute atomic E-state index is 13.2. The van der Waals surface area contributed by atoms with Gasteiger partial charge in [-0.25, -0.2) is 0 Å². The van der Waals surface area contributed by atoms with Crippen LogP contribution in [0.1, 0.15) is 0 Å². The lowest BCUT2D eigenvalue weighted by Gasteiger charge is -2.18. The zero-order valence-electron chi connectivity index (χ0n) is 16.7. The highest BCUT2D eigenvalue weighted by molar-refractivity contribution is 5.96. The SMILES string of the molecule is COc1ccc(-n2c3ccccc3c(=O)c3cc(OC)c(OC)cc32)cc1OC. The smallest absolute Gasteiger partial charge is 0.197 e. The summed E-state index contributed by atoms with van der Waals surface area (Å²) in [5, 5.41) is 1.15. The Hall–Kier alpha value is -3.67. The molecule has 4 rings (SSSR count). The topological polar surface area (TPSA) is 58.9 Å². The molecule has 6 heteroatoms. The Morgan fingerprint density at radius 2 is 1.24 bits per heavy atom. The number of fused-ring (bicyclic) bond motifs is 2. The largest absolute Gasteiger partial charge is 0.493 e. The molecule has 3 aromatic carbocycles. The van der Waals surface area contributed by atoms with Gasteiger partial charge in [-0.3, -0.25) is 4.79 Å². The number of benzene rings is 3. The number of para-hydroxylation sites is 1. The number of hydrogen-bond donors (Lipinski definition) is 0. The summed E-state index contributed by atoms with van der Waals surface area (Å²) in [4.78, 5) is 13.2. The first-order valence-electron chi connectivity index (χ1n) is 9.04. The van der Waals surface area contributed by atoms with Crippen LogP contribution < -0.4 is 24.4 Å². The van der Waals surface area contributed by atoms with E-state index in [0.29, 0.717) is 39.3 Å².